The van der Waals surface area contributed by atoms with Crippen LogP contribution in [0.15, 0.2) is 35.8 Å². The number of nitrogens with zero attached hydrogens (tertiary/aromatic N) is 1. The van der Waals surface area contributed by atoms with E-state index in [2.05, 4.69) is 42.1 Å². The molecule has 0 aromatic heterocycles. The van der Waals surface area contributed by atoms with Crippen molar-refractivity contribution in [3.63, 3.8) is 0 Å². The molecular formula is C16H23N3O2. The Morgan fingerprint density at radius 1 is 1.33 bits per heavy atom. The molecule has 0 atom stereocenters. The molecule has 0 radical (unpaired) electrons. The van der Waals surface area contributed by atoms with Crippen LogP contribution in [0.1, 0.15) is 19.4 Å². The first-order chi connectivity index (χ1) is 10.1. The van der Waals surface area contributed by atoms with Gasteiger partial charge in [-0.15, -0.1) is 6.58 Å². The van der Waals surface area contributed by atoms with Gasteiger partial charge in [-0.25, -0.2) is 0 Å². The maximum Gasteiger partial charge on any atom is 0.231 e. The van der Waals surface area contributed by atoms with E-state index in [0.717, 1.165) is 24.0 Å². The molecular weight excluding hydrogens is 266 g/mol. The zero-order valence-corrected chi connectivity index (χ0v) is 12.9. The Labute approximate surface area is 126 Å². The van der Waals surface area contributed by atoms with E-state index >= 15 is 0 Å². The fraction of sp³-hybridized carbons (Fsp3) is 0.438. The van der Waals surface area contributed by atoms with E-state index in [0.29, 0.717) is 13.3 Å². The Balaban J connectivity index is 2.02. The molecule has 0 bridgehead atoms. The van der Waals surface area contributed by atoms with Gasteiger partial charge in [-0.3, -0.25) is 4.99 Å². The molecule has 1 aliphatic rings. The molecule has 5 nitrogen and oxygen atoms in total. The molecule has 0 saturated carbocycles. The summed E-state index contributed by atoms with van der Waals surface area (Å²) < 4.78 is 10.8. The Hall–Kier alpha value is -2.17. The van der Waals surface area contributed by atoms with Crippen molar-refractivity contribution in [2.45, 2.75) is 19.3 Å². The third-order valence-electron chi connectivity index (χ3n) is 3.49. The van der Waals surface area contributed by atoms with E-state index in [1.54, 1.807) is 13.1 Å². The summed E-state index contributed by atoms with van der Waals surface area (Å²) in [5.74, 6) is 2.39. The zero-order valence-electron chi connectivity index (χ0n) is 12.9. The normalized spacial score (nSPS) is 14.0. The van der Waals surface area contributed by atoms with E-state index in [1.807, 2.05) is 12.1 Å². The Morgan fingerprint density at radius 3 is 2.81 bits per heavy atom. The minimum atomic E-state index is -0.0627. The standard InChI is InChI=1S/C16H23N3O2/c1-5-8-18-15(17-4)19-10-16(2,3)12-6-7-13-14(9-12)21-11-20-13/h5-7,9H,1,8,10-11H2,2-4H3,(H2,17,18,19). The van der Waals surface area contributed by atoms with Crippen LogP contribution in [0.2, 0.25) is 0 Å². The zero-order chi connectivity index (χ0) is 15.3. The van der Waals surface area contributed by atoms with E-state index in [-0.39, 0.29) is 5.41 Å². The average Bonchev–Trinajstić information content (AvgIpc) is 2.95. The molecule has 1 aliphatic heterocycles. The summed E-state index contributed by atoms with van der Waals surface area (Å²) in [5.41, 5.74) is 1.13. The van der Waals surface area contributed by atoms with Crippen LogP contribution in [-0.4, -0.2) is 32.9 Å². The third-order valence-corrected chi connectivity index (χ3v) is 3.49. The number of benzene rings is 1. The molecule has 114 valence electrons. The molecule has 5 heteroatoms. The van der Waals surface area contributed by atoms with Gasteiger partial charge in [-0.2, -0.15) is 0 Å². The van der Waals surface area contributed by atoms with Crippen molar-refractivity contribution in [2.24, 2.45) is 4.99 Å². The maximum absolute atomic E-state index is 5.44. The first-order valence-corrected chi connectivity index (χ1v) is 7.02. The van der Waals surface area contributed by atoms with E-state index < -0.39 is 0 Å². The highest BCUT2D eigenvalue weighted by molar-refractivity contribution is 5.79. The van der Waals surface area contributed by atoms with Gasteiger partial charge in [0.1, 0.15) is 0 Å². The highest BCUT2D eigenvalue weighted by Gasteiger charge is 2.24. The summed E-state index contributed by atoms with van der Waals surface area (Å²) in [7, 11) is 1.76. The molecule has 0 amide bonds. The van der Waals surface area contributed by atoms with Gasteiger partial charge in [0.05, 0.1) is 0 Å². The summed E-state index contributed by atoms with van der Waals surface area (Å²) >= 11 is 0. The second-order valence-electron chi connectivity index (χ2n) is 5.55. The minimum absolute atomic E-state index is 0.0627. The lowest BCUT2D eigenvalue weighted by atomic mass is 9.84. The van der Waals surface area contributed by atoms with Crippen molar-refractivity contribution < 1.29 is 9.47 Å². The molecule has 0 spiro atoms. The van der Waals surface area contributed by atoms with Gasteiger partial charge in [0.25, 0.3) is 0 Å². The van der Waals surface area contributed by atoms with E-state index in [4.69, 9.17) is 9.47 Å². The van der Waals surface area contributed by atoms with Crippen LogP contribution >= 0.6 is 0 Å². The lowest BCUT2D eigenvalue weighted by molar-refractivity contribution is 0.174. The van der Waals surface area contributed by atoms with E-state index in [1.165, 1.54) is 5.56 Å². The fourth-order valence-electron chi connectivity index (χ4n) is 2.11. The number of rotatable bonds is 5. The number of hydrogen-bond donors (Lipinski definition) is 2. The van der Waals surface area contributed by atoms with Crippen molar-refractivity contribution in [3.05, 3.63) is 36.4 Å². The molecule has 2 rings (SSSR count). The Bertz CT molecular complexity index is 538. The molecule has 0 saturated heterocycles. The van der Waals surface area contributed by atoms with Crippen LogP contribution in [0.4, 0.5) is 0 Å². The van der Waals surface area contributed by atoms with Gasteiger partial charge in [0.15, 0.2) is 17.5 Å². The lowest BCUT2D eigenvalue weighted by Crippen LogP contribution is -2.43. The van der Waals surface area contributed by atoms with Crippen LogP contribution in [0.25, 0.3) is 0 Å². The van der Waals surface area contributed by atoms with Crippen LogP contribution in [-0.2, 0) is 5.41 Å². The molecule has 0 unspecified atom stereocenters. The molecule has 2 N–H and O–H groups in total. The summed E-state index contributed by atoms with van der Waals surface area (Å²) in [6.07, 6.45) is 1.80. The number of hydrogen-bond acceptors (Lipinski definition) is 3. The molecule has 1 aromatic carbocycles. The predicted molar refractivity (Wildman–Crippen MR) is 85.2 cm³/mol. The molecule has 0 aliphatic carbocycles. The van der Waals surface area contributed by atoms with Crippen molar-refractivity contribution in [1.29, 1.82) is 0 Å². The number of ether oxygens (including phenoxy) is 2. The average molecular weight is 289 g/mol. The topological polar surface area (TPSA) is 54.9 Å². The van der Waals surface area contributed by atoms with Crippen LogP contribution in [0, 0.1) is 0 Å². The van der Waals surface area contributed by atoms with Crippen LogP contribution in [0.3, 0.4) is 0 Å². The molecule has 1 aromatic rings. The summed E-state index contributed by atoms with van der Waals surface area (Å²) in [4.78, 5) is 4.18. The first-order valence-electron chi connectivity index (χ1n) is 7.02. The lowest BCUT2D eigenvalue weighted by Gasteiger charge is -2.27. The molecule has 1 heterocycles. The summed E-state index contributed by atoms with van der Waals surface area (Å²) in [6, 6.07) is 6.09. The quantitative estimate of drug-likeness (QED) is 0.495. The van der Waals surface area contributed by atoms with Gasteiger partial charge in [-0.05, 0) is 17.7 Å². The number of nitrogens with one attached hydrogen (secondary N) is 2. The van der Waals surface area contributed by atoms with Crippen LogP contribution in [0.5, 0.6) is 11.5 Å². The summed E-state index contributed by atoms with van der Waals surface area (Å²) in [6.45, 7) is 9.78. The van der Waals surface area contributed by atoms with Gasteiger partial charge in [0, 0.05) is 25.6 Å². The fourth-order valence-corrected chi connectivity index (χ4v) is 2.11. The summed E-state index contributed by atoms with van der Waals surface area (Å²) in [5, 5.41) is 6.49. The van der Waals surface area contributed by atoms with Crippen LogP contribution < -0.4 is 20.1 Å². The third kappa shape index (κ3) is 3.68. The van der Waals surface area contributed by atoms with Gasteiger partial charge in [-0.1, -0.05) is 26.0 Å². The number of guanidine groups is 1. The van der Waals surface area contributed by atoms with Crippen molar-refractivity contribution in [1.82, 2.24) is 10.6 Å². The second kappa shape index (κ2) is 6.52. The predicted octanol–water partition coefficient (Wildman–Crippen LogP) is 2.04. The van der Waals surface area contributed by atoms with Crippen molar-refractivity contribution in [3.8, 4) is 11.5 Å². The number of fused-ring (bicyclic) bond motifs is 1. The molecule has 0 fully saturated rings. The van der Waals surface area contributed by atoms with Crippen molar-refractivity contribution >= 4 is 5.96 Å². The molecule has 21 heavy (non-hydrogen) atoms. The largest absolute Gasteiger partial charge is 0.454 e. The smallest absolute Gasteiger partial charge is 0.231 e. The van der Waals surface area contributed by atoms with E-state index in [9.17, 15) is 0 Å². The monoisotopic (exact) mass is 289 g/mol. The highest BCUT2D eigenvalue weighted by atomic mass is 16.7. The van der Waals surface area contributed by atoms with Gasteiger partial charge < -0.3 is 20.1 Å². The maximum atomic E-state index is 5.44. The SMILES string of the molecule is C=CCNC(=NC)NCC(C)(C)c1ccc2c(c1)OCO2. The first kappa shape index (κ1) is 15.2. The second-order valence-corrected chi connectivity index (χ2v) is 5.55. The Morgan fingerprint density at radius 2 is 2.10 bits per heavy atom. The van der Waals surface area contributed by atoms with Gasteiger partial charge >= 0.3 is 0 Å². The highest BCUT2D eigenvalue weighted by Crippen LogP contribution is 2.36. The minimum Gasteiger partial charge on any atom is -0.454 e. The van der Waals surface area contributed by atoms with Crippen molar-refractivity contribution in [2.75, 3.05) is 26.9 Å². The van der Waals surface area contributed by atoms with Gasteiger partial charge in [0.2, 0.25) is 6.79 Å². The Kier molecular flexibility index (Phi) is 4.73. The number of aliphatic imine (C=N–C) groups is 1.